The van der Waals surface area contributed by atoms with Crippen molar-refractivity contribution in [2.75, 3.05) is 0 Å². The van der Waals surface area contributed by atoms with Crippen molar-refractivity contribution < 1.29 is 18.4 Å². The number of fused-ring (bicyclic) bond motifs is 1. The molecule has 0 aliphatic carbocycles. The first-order chi connectivity index (χ1) is 8.06. The number of benzene rings is 1. The average molecular weight is 241 g/mol. The van der Waals surface area contributed by atoms with Gasteiger partial charge in [0.1, 0.15) is 11.5 Å². The van der Waals surface area contributed by atoms with Crippen LogP contribution in [0.5, 0.6) is 0 Å². The highest BCUT2D eigenvalue weighted by molar-refractivity contribution is 6.07. The van der Waals surface area contributed by atoms with Crippen LogP contribution >= 0.6 is 0 Å². The van der Waals surface area contributed by atoms with E-state index in [1.54, 1.807) is 0 Å². The zero-order valence-electron chi connectivity index (χ0n) is 8.28. The van der Waals surface area contributed by atoms with Crippen molar-refractivity contribution in [1.82, 2.24) is 4.98 Å². The van der Waals surface area contributed by atoms with E-state index in [0.717, 1.165) is 6.20 Å². The van der Waals surface area contributed by atoms with Crippen LogP contribution in [0.3, 0.4) is 0 Å². The molecule has 7 heteroatoms. The van der Waals surface area contributed by atoms with Crippen molar-refractivity contribution in [3.05, 3.63) is 41.5 Å². The Bertz CT molecular complexity index is 628. The van der Waals surface area contributed by atoms with Crippen molar-refractivity contribution in [1.29, 1.82) is 0 Å². The number of aromatic nitrogens is 1. The second-order valence-corrected chi connectivity index (χ2v) is 3.22. The first kappa shape index (κ1) is 11.2. The number of rotatable bonds is 1. The molecular formula is C10H6F3N3O. The summed E-state index contributed by atoms with van der Waals surface area (Å²) in [6.07, 6.45) is 1.15. The minimum Gasteiger partial charge on any atom is -0.409 e. The van der Waals surface area contributed by atoms with E-state index in [1.165, 1.54) is 6.07 Å². The van der Waals surface area contributed by atoms with Gasteiger partial charge in [-0.2, -0.15) is 0 Å². The lowest BCUT2D eigenvalue weighted by molar-refractivity contribution is 0.318. The van der Waals surface area contributed by atoms with E-state index in [9.17, 15) is 13.2 Å². The number of pyridine rings is 1. The van der Waals surface area contributed by atoms with Crippen LogP contribution in [-0.4, -0.2) is 16.0 Å². The molecule has 2 aromatic rings. The fraction of sp³-hybridized carbons (Fsp3) is 0. The molecule has 17 heavy (non-hydrogen) atoms. The van der Waals surface area contributed by atoms with Crippen molar-refractivity contribution in [3.63, 3.8) is 0 Å². The van der Waals surface area contributed by atoms with Gasteiger partial charge in [0.05, 0.1) is 5.39 Å². The largest absolute Gasteiger partial charge is 0.409 e. The molecule has 1 aromatic heterocycles. The topological polar surface area (TPSA) is 71.5 Å². The molecule has 0 atom stereocenters. The molecule has 1 heterocycles. The van der Waals surface area contributed by atoms with Gasteiger partial charge in [0.15, 0.2) is 17.5 Å². The third-order valence-electron chi connectivity index (χ3n) is 2.24. The maximum atomic E-state index is 13.6. The van der Waals surface area contributed by atoms with Crippen LogP contribution in [0.4, 0.5) is 13.2 Å². The third kappa shape index (κ3) is 1.65. The summed E-state index contributed by atoms with van der Waals surface area (Å²) in [7, 11) is 0. The Morgan fingerprint density at radius 2 is 2.00 bits per heavy atom. The average Bonchev–Trinajstić information content (AvgIpc) is 2.34. The van der Waals surface area contributed by atoms with Gasteiger partial charge in [-0.1, -0.05) is 5.16 Å². The van der Waals surface area contributed by atoms with Gasteiger partial charge in [0, 0.05) is 17.6 Å². The summed E-state index contributed by atoms with van der Waals surface area (Å²) in [6, 6.07) is 1.59. The lowest BCUT2D eigenvalue weighted by Gasteiger charge is -2.06. The molecule has 0 aliphatic heterocycles. The van der Waals surface area contributed by atoms with Crippen LogP contribution in [0.15, 0.2) is 23.5 Å². The molecule has 0 aliphatic rings. The number of nitrogens with two attached hydrogens (primary N) is 1. The van der Waals surface area contributed by atoms with Gasteiger partial charge in [-0.15, -0.1) is 0 Å². The summed E-state index contributed by atoms with van der Waals surface area (Å²) in [5.74, 6) is -4.14. The Morgan fingerprint density at radius 3 is 2.65 bits per heavy atom. The molecule has 0 bridgehead atoms. The second-order valence-electron chi connectivity index (χ2n) is 3.22. The molecule has 0 radical (unpaired) electrons. The predicted molar refractivity (Wildman–Crippen MR) is 54.1 cm³/mol. The highest BCUT2D eigenvalue weighted by atomic mass is 19.2. The third-order valence-corrected chi connectivity index (χ3v) is 2.24. The summed E-state index contributed by atoms with van der Waals surface area (Å²) in [6.45, 7) is 0. The second kappa shape index (κ2) is 3.93. The Kier molecular flexibility index (Phi) is 2.58. The predicted octanol–water partition coefficient (Wildman–Crippen LogP) is 1.75. The maximum Gasteiger partial charge on any atom is 0.189 e. The number of halogens is 3. The van der Waals surface area contributed by atoms with Gasteiger partial charge >= 0.3 is 0 Å². The van der Waals surface area contributed by atoms with Crippen LogP contribution in [-0.2, 0) is 0 Å². The van der Waals surface area contributed by atoms with Crippen molar-refractivity contribution in [3.8, 4) is 0 Å². The van der Waals surface area contributed by atoms with E-state index < -0.39 is 28.7 Å². The molecule has 4 nitrogen and oxygen atoms in total. The lowest BCUT2D eigenvalue weighted by atomic mass is 10.1. The van der Waals surface area contributed by atoms with Crippen LogP contribution < -0.4 is 5.73 Å². The molecule has 88 valence electrons. The van der Waals surface area contributed by atoms with E-state index in [0.29, 0.717) is 6.07 Å². The molecule has 0 saturated carbocycles. The van der Waals surface area contributed by atoms with Crippen LogP contribution in [0.25, 0.3) is 10.8 Å². The van der Waals surface area contributed by atoms with Gasteiger partial charge in [-0.05, 0) is 6.07 Å². The zero-order chi connectivity index (χ0) is 12.6. The fourth-order valence-corrected chi connectivity index (χ4v) is 1.50. The highest BCUT2D eigenvalue weighted by Gasteiger charge is 2.18. The molecular weight excluding hydrogens is 235 g/mol. The zero-order valence-corrected chi connectivity index (χ0v) is 8.28. The maximum absolute atomic E-state index is 13.6. The molecule has 3 N–H and O–H groups in total. The summed E-state index contributed by atoms with van der Waals surface area (Å²) in [5, 5.41) is 10.5. The first-order valence-electron chi connectivity index (χ1n) is 4.46. The number of oxime groups is 1. The van der Waals surface area contributed by atoms with E-state index >= 15 is 0 Å². The normalized spacial score (nSPS) is 12.1. The minimum atomic E-state index is -1.37. The Hall–Kier alpha value is -2.31. The number of hydrogen-bond acceptors (Lipinski definition) is 3. The molecule has 0 saturated heterocycles. The SMILES string of the molecule is NC(=NO)c1nccc2c(F)cc(F)c(F)c12. The van der Waals surface area contributed by atoms with E-state index in [-0.39, 0.29) is 11.1 Å². The van der Waals surface area contributed by atoms with Crippen LogP contribution in [0.2, 0.25) is 0 Å². The van der Waals surface area contributed by atoms with Crippen molar-refractivity contribution in [2.24, 2.45) is 10.9 Å². The summed E-state index contributed by atoms with van der Waals surface area (Å²) < 4.78 is 40.0. The molecule has 0 amide bonds. The Labute approximate surface area is 93.2 Å². The Morgan fingerprint density at radius 1 is 1.29 bits per heavy atom. The van der Waals surface area contributed by atoms with Gasteiger partial charge in [-0.3, -0.25) is 4.98 Å². The van der Waals surface area contributed by atoms with E-state index in [2.05, 4.69) is 10.1 Å². The monoisotopic (exact) mass is 241 g/mol. The molecule has 0 spiro atoms. The lowest BCUT2D eigenvalue weighted by Crippen LogP contribution is -2.16. The highest BCUT2D eigenvalue weighted by Crippen LogP contribution is 2.25. The summed E-state index contributed by atoms with van der Waals surface area (Å²) in [5.41, 5.74) is 4.94. The van der Waals surface area contributed by atoms with E-state index in [1.807, 2.05) is 0 Å². The van der Waals surface area contributed by atoms with Crippen LogP contribution in [0, 0.1) is 17.5 Å². The summed E-state index contributed by atoms with van der Waals surface area (Å²) >= 11 is 0. The van der Waals surface area contributed by atoms with Crippen molar-refractivity contribution >= 4 is 16.6 Å². The number of hydrogen-bond donors (Lipinski definition) is 2. The van der Waals surface area contributed by atoms with E-state index in [4.69, 9.17) is 10.9 Å². The molecule has 0 fully saturated rings. The van der Waals surface area contributed by atoms with Crippen LogP contribution in [0.1, 0.15) is 5.69 Å². The fourth-order valence-electron chi connectivity index (χ4n) is 1.50. The number of nitrogens with zero attached hydrogens (tertiary/aromatic N) is 2. The molecule has 2 rings (SSSR count). The molecule has 1 aromatic carbocycles. The minimum absolute atomic E-state index is 0.194. The van der Waals surface area contributed by atoms with Gasteiger partial charge in [-0.25, -0.2) is 13.2 Å². The Balaban J connectivity index is 2.97. The van der Waals surface area contributed by atoms with Gasteiger partial charge in [0.25, 0.3) is 0 Å². The first-order valence-corrected chi connectivity index (χ1v) is 4.46. The molecule has 0 unspecified atom stereocenters. The smallest absolute Gasteiger partial charge is 0.189 e. The van der Waals surface area contributed by atoms with Gasteiger partial charge in [0.2, 0.25) is 0 Å². The standard InChI is InChI=1S/C10H6F3N3O/c11-5-3-6(12)8(13)7-4(5)1-2-15-9(7)10(14)16-17/h1-3,17H,(H2,14,16). The number of amidine groups is 1. The van der Waals surface area contributed by atoms with Gasteiger partial charge < -0.3 is 10.9 Å². The van der Waals surface area contributed by atoms with Crippen molar-refractivity contribution in [2.45, 2.75) is 0 Å². The quantitative estimate of drug-likeness (QED) is 0.262. The summed E-state index contributed by atoms with van der Waals surface area (Å²) in [4.78, 5) is 3.63.